The van der Waals surface area contributed by atoms with Gasteiger partial charge in [-0.1, -0.05) is 30.7 Å². The summed E-state index contributed by atoms with van der Waals surface area (Å²) in [4.78, 5) is 4.51. The van der Waals surface area contributed by atoms with E-state index in [1.54, 1.807) is 0 Å². The Balaban J connectivity index is 2.20. The fourth-order valence-corrected chi connectivity index (χ4v) is 2.70. The molecule has 0 amide bonds. The second kappa shape index (κ2) is 7.92. The van der Waals surface area contributed by atoms with E-state index < -0.39 is 0 Å². The Morgan fingerprint density at radius 2 is 2.10 bits per heavy atom. The number of pyridine rings is 1. The van der Waals surface area contributed by atoms with Crippen molar-refractivity contribution in [2.45, 2.75) is 32.7 Å². The number of rotatable bonds is 6. The van der Waals surface area contributed by atoms with Gasteiger partial charge in [-0.25, -0.2) is 0 Å². The summed E-state index contributed by atoms with van der Waals surface area (Å²) < 4.78 is 0.932. The summed E-state index contributed by atoms with van der Waals surface area (Å²) in [6.07, 6.45) is 3.89. The van der Waals surface area contributed by atoms with Crippen molar-refractivity contribution in [3.63, 3.8) is 0 Å². The molecule has 0 aliphatic heterocycles. The molecule has 0 bridgehead atoms. The van der Waals surface area contributed by atoms with Crippen molar-refractivity contribution in [2.75, 3.05) is 6.54 Å². The summed E-state index contributed by atoms with van der Waals surface area (Å²) in [7, 11) is 0. The standard InChI is InChI=1S/C17H20BrClN2/c1-3-8-20-17(10-14-6-4-12(2)11-21-14)13-5-7-16(19)15(18)9-13/h4-7,9,11,17,20H,3,8,10H2,1-2H3. The Morgan fingerprint density at radius 1 is 1.29 bits per heavy atom. The van der Waals surface area contributed by atoms with Gasteiger partial charge in [-0.2, -0.15) is 0 Å². The Labute approximate surface area is 140 Å². The Hall–Kier alpha value is -0.900. The van der Waals surface area contributed by atoms with Gasteiger partial charge >= 0.3 is 0 Å². The second-order valence-corrected chi connectivity index (χ2v) is 6.47. The van der Waals surface area contributed by atoms with E-state index in [-0.39, 0.29) is 6.04 Å². The van der Waals surface area contributed by atoms with Crippen LogP contribution in [0.25, 0.3) is 0 Å². The normalized spacial score (nSPS) is 12.4. The number of nitrogens with zero attached hydrogens (tertiary/aromatic N) is 1. The van der Waals surface area contributed by atoms with Crippen LogP contribution in [0.1, 0.15) is 36.2 Å². The lowest BCUT2D eigenvalue weighted by atomic mass is 10.0. The van der Waals surface area contributed by atoms with Gasteiger partial charge in [0, 0.05) is 28.8 Å². The molecule has 0 radical (unpaired) electrons. The quantitative estimate of drug-likeness (QED) is 0.769. The number of hydrogen-bond acceptors (Lipinski definition) is 2. The molecular formula is C17H20BrClN2. The van der Waals surface area contributed by atoms with Crippen LogP contribution in [0, 0.1) is 6.92 Å². The minimum atomic E-state index is 0.244. The summed E-state index contributed by atoms with van der Waals surface area (Å²) in [5.74, 6) is 0. The lowest BCUT2D eigenvalue weighted by Crippen LogP contribution is -2.24. The molecule has 1 aromatic heterocycles. The molecular weight excluding hydrogens is 348 g/mol. The Kier molecular flexibility index (Phi) is 6.22. The van der Waals surface area contributed by atoms with Crippen LogP contribution in [0.3, 0.4) is 0 Å². The van der Waals surface area contributed by atoms with Gasteiger partial charge in [0.1, 0.15) is 0 Å². The highest BCUT2D eigenvalue weighted by Crippen LogP contribution is 2.27. The first-order valence-electron chi connectivity index (χ1n) is 7.20. The molecule has 1 N–H and O–H groups in total. The average Bonchev–Trinajstić information content (AvgIpc) is 2.48. The summed E-state index contributed by atoms with van der Waals surface area (Å²) in [5, 5.41) is 4.33. The molecule has 0 spiro atoms. The van der Waals surface area contributed by atoms with Crippen molar-refractivity contribution >= 4 is 27.5 Å². The molecule has 0 aliphatic carbocycles. The van der Waals surface area contributed by atoms with Crippen LogP contribution in [0.4, 0.5) is 0 Å². The topological polar surface area (TPSA) is 24.9 Å². The van der Waals surface area contributed by atoms with Gasteiger partial charge in [0.25, 0.3) is 0 Å². The largest absolute Gasteiger partial charge is 0.310 e. The van der Waals surface area contributed by atoms with E-state index >= 15 is 0 Å². The number of hydrogen-bond donors (Lipinski definition) is 1. The van der Waals surface area contributed by atoms with E-state index in [2.05, 4.69) is 64.3 Å². The van der Waals surface area contributed by atoms with Crippen molar-refractivity contribution in [1.29, 1.82) is 0 Å². The number of aromatic nitrogens is 1. The maximum atomic E-state index is 6.09. The van der Waals surface area contributed by atoms with Crippen LogP contribution < -0.4 is 5.32 Å². The van der Waals surface area contributed by atoms with E-state index in [0.29, 0.717) is 0 Å². The molecule has 0 saturated heterocycles. The van der Waals surface area contributed by atoms with E-state index in [1.807, 2.05) is 12.3 Å². The molecule has 1 atom stereocenters. The third kappa shape index (κ3) is 4.80. The molecule has 0 fully saturated rings. The predicted molar refractivity (Wildman–Crippen MR) is 92.9 cm³/mol. The van der Waals surface area contributed by atoms with Crippen LogP contribution in [-0.4, -0.2) is 11.5 Å². The van der Waals surface area contributed by atoms with Crippen LogP contribution in [-0.2, 0) is 6.42 Å². The van der Waals surface area contributed by atoms with Gasteiger partial charge in [0.15, 0.2) is 0 Å². The summed E-state index contributed by atoms with van der Waals surface area (Å²) in [6, 6.07) is 10.6. The van der Waals surface area contributed by atoms with E-state index in [0.717, 1.165) is 34.6 Å². The third-order valence-electron chi connectivity index (χ3n) is 3.37. The van der Waals surface area contributed by atoms with Gasteiger partial charge in [-0.05, 0) is 65.1 Å². The van der Waals surface area contributed by atoms with Crippen molar-refractivity contribution in [3.05, 3.63) is 62.8 Å². The fourth-order valence-electron chi connectivity index (χ4n) is 2.18. The van der Waals surface area contributed by atoms with Gasteiger partial charge < -0.3 is 5.32 Å². The third-order valence-corrected chi connectivity index (χ3v) is 4.59. The highest BCUT2D eigenvalue weighted by molar-refractivity contribution is 9.10. The zero-order chi connectivity index (χ0) is 15.2. The van der Waals surface area contributed by atoms with Crippen LogP contribution >= 0.6 is 27.5 Å². The van der Waals surface area contributed by atoms with Gasteiger partial charge in [-0.3, -0.25) is 4.98 Å². The fraction of sp³-hybridized carbons (Fsp3) is 0.353. The molecule has 1 aromatic carbocycles. The first kappa shape index (κ1) is 16.5. The highest BCUT2D eigenvalue weighted by Gasteiger charge is 2.13. The second-order valence-electron chi connectivity index (χ2n) is 5.21. The van der Waals surface area contributed by atoms with Crippen molar-refractivity contribution in [3.8, 4) is 0 Å². The first-order valence-corrected chi connectivity index (χ1v) is 8.37. The van der Waals surface area contributed by atoms with Crippen LogP contribution in [0.15, 0.2) is 41.0 Å². The Morgan fingerprint density at radius 3 is 2.71 bits per heavy atom. The molecule has 2 nitrogen and oxygen atoms in total. The minimum Gasteiger partial charge on any atom is -0.310 e. The van der Waals surface area contributed by atoms with Crippen molar-refractivity contribution in [1.82, 2.24) is 10.3 Å². The molecule has 21 heavy (non-hydrogen) atoms. The van der Waals surface area contributed by atoms with Gasteiger partial charge in [0.2, 0.25) is 0 Å². The maximum absolute atomic E-state index is 6.09. The zero-order valence-corrected chi connectivity index (χ0v) is 14.7. The number of aryl methyl sites for hydroxylation is 1. The maximum Gasteiger partial charge on any atom is 0.0548 e. The van der Waals surface area contributed by atoms with Crippen molar-refractivity contribution < 1.29 is 0 Å². The van der Waals surface area contributed by atoms with E-state index in [9.17, 15) is 0 Å². The lowest BCUT2D eigenvalue weighted by molar-refractivity contribution is 0.524. The van der Waals surface area contributed by atoms with E-state index in [4.69, 9.17) is 11.6 Å². The minimum absolute atomic E-state index is 0.244. The van der Waals surface area contributed by atoms with Crippen LogP contribution in [0.5, 0.6) is 0 Å². The molecule has 4 heteroatoms. The number of nitrogens with one attached hydrogen (secondary N) is 1. The predicted octanol–water partition coefficient (Wildman–Crippen LogP) is 5.09. The molecule has 1 heterocycles. The Bertz CT molecular complexity index is 584. The monoisotopic (exact) mass is 366 g/mol. The molecule has 0 saturated carbocycles. The van der Waals surface area contributed by atoms with Gasteiger partial charge in [0.05, 0.1) is 5.02 Å². The molecule has 0 aliphatic rings. The molecule has 2 rings (SSSR count). The lowest BCUT2D eigenvalue weighted by Gasteiger charge is -2.19. The zero-order valence-electron chi connectivity index (χ0n) is 12.4. The van der Waals surface area contributed by atoms with Crippen molar-refractivity contribution in [2.24, 2.45) is 0 Å². The molecule has 2 aromatic rings. The highest BCUT2D eigenvalue weighted by atomic mass is 79.9. The SMILES string of the molecule is CCCNC(Cc1ccc(C)cn1)c1ccc(Cl)c(Br)c1. The molecule has 112 valence electrons. The summed E-state index contributed by atoms with van der Waals surface area (Å²) >= 11 is 9.59. The average molecular weight is 368 g/mol. The summed E-state index contributed by atoms with van der Waals surface area (Å²) in [6.45, 7) is 5.21. The molecule has 1 unspecified atom stereocenters. The van der Waals surface area contributed by atoms with Crippen LogP contribution in [0.2, 0.25) is 5.02 Å². The van der Waals surface area contributed by atoms with Gasteiger partial charge in [-0.15, -0.1) is 0 Å². The van der Waals surface area contributed by atoms with E-state index in [1.165, 1.54) is 11.1 Å². The number of halogens is 2. The number of benzene rings is 1. The smallest absolute Gasteiger partial charge is 0.0548 e. The first-order chi connectivity index (χ1) is 10.1. The summed E-state index contributed by atoms with van der Waals surface area (Å²) in [5.41, 5.74) is 3.51.